The predicted octanol–water partition coefficient (Wildman–Crippen LogP) is 3.13. The van der Waals surface area contributed by atoms with Gasteiger partial charge in [0.1, 0.15) is 18.5 Å². The van der Waals surface area contributed by atoms with Crippen LogP contribution in [0.3, 0.4) is 0 Å². The van der Waals surface area contributed by atoms with E-state index in [0.29, 0.717) is 5.56 Å². The van der Waals surface area contributed by atoms with Crippen molar-refractivity contribution in [2.45, 2.75) is 31.8 Å². The monoisotopic (exact) mass is 334 g/mol. The van der Waals surface area contributed by atoms with Crippen LogP contribution in [0.5, 0.6) is 5.75 Å². The molecule has 0 aliphatic carbocycles. The van der Waals surface area contributed by atoms with E-state index in [4.69, 9.17) is 4.74 Å². The molecule has 0 aliphatic rings. The van der Waals surface area contributed by atoms with Crippen LogP contribution in [-0.2, 0) is 9.84 Å². The summed E-state index contributed by atoms with van der Waals surface area (Å²) < 4.78 is 28.7. The van der Waals surface area contributed by atoms with Gasteiger partial charge >= 0.3 is 0 Å². The normalized spacial score (nSPS) is 12.9. The van der Waals surface area contributed by atoms with Gasteiger partial charge in [0.15, 0.2) is 9.84 Å². The Morgan fingerprint density at radius 1 is 1.00 bits per heavy atom. The molecule has 2 rings (SSSR count). The van der Waals surface area contributed by atoms with E-state index >= 15 is 0 Å². The van der Waals surface area contributed by atoms with Gasteiger partial charge in [-0.25, -0.2) is 8.42 Å². The number of aliphatic hydroxyl groups excluding tert-OH is 1. The molecule has 1 unspecified atom stereocenters. The molecule has 2 aromatic carbocycles. The van der Waals surface area contributed by atoms with Gasteiger partial charge in [-0.2, -0.15) is 0 Å². The summed E-state index contributed by atoms with van der Waals surface area (Å²) in [6, 6.07) is 10.2. The van der Waals surface area contributed by atoms with Crippen molar-refractivity contribution in [3.8, 4) is 5.75 Å². The highest BCUT2D eigenvalue weighted by Gasteiger charge is 2.13. The van der Waals surface area contributed by atoms with Crippen LogP contribution >= 0.6 is 0 Å². The van der Waals surface area contributed by atoms with Crippen molar-refractivity contribution in [2.75, 3.05) is 12.9 Å². The van der Waals surface area contributed by atoms with Gasteiger partial charge < -0.3 is 9.84 Å². The Morgan fingerprint density at radius 3 is 2.13 bits per heavy atom. The zero-order valence-corrected chi connectivity index (χ0v) is 14.6. The predicted molar refractivity (Wildman–Crippen MR) is 90.7 cm³/mol. The summed E-state index contributed by atoms with van der Waals surface area (Å²) in [6.45, 7) is 6.09. The quantitative estimate of drug-likeness (QED) is 0.912. The molecule has 0 radical (unpaired) electrons. The third-order valence-corrected chi connectivity index (χ3v) is 5.08. The molecule has 0 saturated heterocycles. The van der Waals surface area contributed by atoms with Gasteiger partial charge in [0.05, 0.1) is 4.90 Å². The SMILES string of the molecule is Cc1ccc(C)c(OCC(O)c2ccc(S(C)(=O)=O)cc2)c1C. The fraction of sp³-hybridized carbons (Fsp3) is 0.333. The van der Waals surface area contributed by atoms with Gasteiger partial charge in [-0.1, -0.05) is 24.3 Å². The molecular weight excluding hydrogens is 312 g/mol. The summed E-state index contributed by atoms with van der Waals surface area (Å²) >= 11 is 0. The minimum absolute atomic E-state index is 0.114. The van der Waals surface area contributed by atoms with E-state index in [1.165, 1.54) is 12.1 Å². The second-order valence-electron chi connectivity index (χ2n) is 5.82. The molecule has 1 atom stereocenters. The van der Waals surface area contributed by atoms with E-state index in [9.17, 15) is 13.5 Å². The lowest BCUT2D eigenvalue weighted by Crippen LogP contribution is -2.11. The van der Waals surface area contributed by atoms with Gasteiger partial charge in [-0.05, 0) is 55.2 Å². The molecule has 0 amide bonds. The fourth-order valence-corrected chi connectivity index (χ4v) is 2.97. The van der Waals surface area contributed by atoms with Crippen LogP contribution in [0.25, 0.3) is 0 Å². The summed E-state index contributed by atoms with van der Waals surface area (Å²) in [5, 5.41) is 10.3. The number of benzene rings is 2. The van der Waals surface area contributed by atoms with E-state index < -0.39 is 15.9 Å². The van der Waals surface area contributed by atoms with E-state index in [1.807, 2.05) is 32.9 Å². The summed E-state index contributed by atoms with van der Waals surface area (Å²) in [6.07, 6.45) is 0.341. The third-order valence-electron chi connectivity index (χ3n) is 3.95. The Bertz CT molecular complexity index is 793. The molecule has 0 bridgehead atoms. The molecule has 0 aliphatic heterocycles. The molecule has 124 valence electrons. The van der Waals surface area contributed by atoms with Gasteiger partial charge in [-0.15, -0.1) is 0 Å². The first-order valence-electron chi connectivity index (χ1n) is 7.38. The molecule has 1 N–H and O–H groups in total. The number of sulfone groups is 1. The minimum Gasteiger partial charge on any atom is -0.490 e. The smallest absolute Gasteiger partial charge is 0.175 e. The number of hydrogen-bond acceptors (Lipinski definition) is 4. The average Bonchev–Trinajstić information content (AvgIpc) is 2.50. The maximum Gasteiger partial charge on any atom is 0.175 e. The van der Waals surface area contributed by atoms with E-state index in [-0.39, 0.29) is 11.5 Å². The van der Waals surface area contributed by atoms with E-state index in [1.54, 1.807) is 12.1 Å². The molecule has 2 aromatic rings. The van der Waals surface area contributed by atoms with Crippen LogP contribution in [-0.4, -0.2) is 26.4 Å². The highest BCUT2D eigenvalue weighted by atomic mass is 32.2. The average molecular weight is 334 g/mol. The van der Waals surface area contributed by atoms with Crippen molar-refractivity contribution >= 4 is 9.84 Å². The van der Waals surface area contributed by atoms with Crippen LogP contribution in [0.1, 0.15) is 28.4 Å². The Labute approximate surface area is 137 Å². The van der Waals surface area contributed by atoms with Gasteiger partial charge in [0, 0.05) is 6.26 Å². The summed E-state index contributed by atoms with van der Waals surface area (Å²) in [4.78, 5) is 0.236. The Morgan fingerprint density at radius 2 is 1.57 bits per heavy atom. The van der Waals surface area contributed by atoms with Crippen molar-refractivity contribution in [3.05, 3.63) is 58.7 Å². The second-order valence-corrected chi connectivity index (χ2v) is 7.84. The van der Waals surface area contributed by atoms with Crippen molar-refractivity contribution in [1.29, 1.82) is 0 Å². The van der Waals surface area contributed by atoms with Crippen LogP contribution in [0.2, 0.25) is 0 Å². The first-order chi connectivity index (χ1) is 10.7. The fourth-order valence-electron chi connectivity index (χ4n) is 2.34. The number of rotatable bonds is 5. The zero-order chi connectivity index (χ0) is 17.2. The lowest BCUT2D eigenvalue weighted by molar-refractivity contribution is 0.107. The Hall–Kier alpha value is -1.85. The molecular formula is C18H22O4S. The van der Waals surface area contributed by atoms with Crippen molar-refractivity contribution in [2.24, 2.45) is 0 Å². The van der Waals surface area contributed by atoms with Crippen LogP contribution in [0.4, 0.5) is 0 Å². The highest BCUT2D eigenvalue weighted by Crippen LogP contribution is 2.27. The Balaban J connectivity index is 2.11. The highest BCUT2D eigenvalue weighted by molar-refractivity contribution is 7.90. The largest absolute Gasteiger partial charge is 0.490 e. The summed E-state index contributed by atoms with van der Waals surface area (Å²) in [5.74, 6) is 0.789. The summed E-state index contributed by atoms with van der Waals surface area (Å²) in [5.41, 5.74) is 3.84. The van der Waals surface area contributed by atoms with Gasteiger partial charge in [0.2, 0.25) is 0 Å². The number of hydrogen-bond donors (Lipinski definition) is 1. The maximum absolute atomic E-state index is 11.4. The number of aliphatic hydroxyl groups is 1. The molecule has 23 heavy (non-hydrogen) atoms. The molecule has 0 fully saturated rings. The van der Waals surface area contributed by atoms with Gasteiger partial charge in [-0.3, -0.25) is 0 Å². The van der Waals surface area contributed by atoms with E-state index in [2.05, 4.69) is 0 Å². The van der Waals surface area contributed by atoms with Crippen molar-refractivity contribution in [1.82, 2.24) is 0 Å². The second kappa shape index (κ2) is 6.72. The molecule has 4 nitrogen and oxygen atoms in total. The number of aryl methyl sites for hydroxylation is 2. The first-order valence-corrected chi connectivity index (χ1v) is 9.27. The maximum atomic E-state index is 11.4. The molecule has 0 aromatic heterocycles. The van der Waals surface area contributed by atoms with Gasteiger partial charge in [0.25, 0.3) is 0 Å². The first kappa shape index (κ1) is 17.5. The third kappa shape index (κ3) is 4.12. The van der Waals surface area contributed by atoms with Crippen molar-refractivity contribution in [3.63, 3.8) is 0 Å². The molecule has 0 saturated carbocycles. The minimum atomic E-state index is -3.23. The van der Waals surface area contributed by atoms with E-state index in [0.717, 1.165) is 28.7 Å². The molecule has 0 heterocycles. The lowest BCUT2D eigenvalue weighted by Gasteiger charge is -2.17. The van der Waals surface area contributed by atoms with Crippen LogP contribution in [0, 0.1) is 20.8 Å². The molecule has 5 heteroatoms. The van der Waals surface area contributed by atoms with Crippen LogP contribution < -0.4 is 4.74 Å². The standard InChI is InChI=1S/C18H22O4S/c1-12-5-6-13(2)18(14(12)3)22-11-17(19)15-7-9-16(10-8-15)23(4,20)21/h5-10,17,19H,11H2,1-4H3. The molecule has 0 spiro atoms. The number of ether oxygens (including phenoxy) is 1. The summed E-state index contributed by atoms with van der Waals surface area (Å²) in [7, 11) is -3.23. The van der Waals surface area contributed by atoms with Crippen molar-refractivity contribution < 1.29 is 18.3 Å². The lowest BCUT2D eigenvalue weighted by atomic mass is 10.1. The van der Waals surface area contributed by atoms with Crippen LogP contribution in [0.15, 0.2) is 41.3 Å². The topological polar surface area (TPSA) is 63.6 Å². The zero-order valence-electron chi connectivity index (χ0n) is 13.8. The Kier molecular flexibility index (Phi) is 5.12.